The smallest absolute Gasteiger partial charge is 0.0217 e. The van der Waals surface area contributed by atoms with Gasteiger partial charge in [-0.25, -0.2) is 0 Å². The molecule has 0 fully saturated rings. The van der Waals surface area contributed by atoms with Crippen LogP contribution in [0.4, 0.5) is 0 Å². The van der Waals surface area contributed by atoms with Gasteiger partial charge in [-0.15, -0.1) is 0 Å². The van der Waals surface area contributed by atoms with Gasteiger partial charge in [0, 0.05) is 12.6 Å². The Bertz CT molecular complexity index is 156. The zero-order chi connectivity index (χ0) is 12.1. The molecule has 0 aliphatic carbocycles. The first-order valence-electron chi connectivity index (χ1n) is 6.10. The number of hydrogen-bond acceptors (Lipinski definition) is 2. The average molecular weight is 214 g/mol. The van der Waals surface area contributed by atoms with E-state index in [-0.39, 0.29) is 0 Å². The summed E-state index contributed by atoms with van der Waals surface area (Å²) in [6.07, 6.45) is 1.24. The summed E-state index contributed by atoms with van der Waals surface area (Å²) >= 11 is 0. The monoisotopic (exact) mass is 214 g/mol. The van der Waals surface area contributed by atoms with E-state index in [1.165, 1.54) is 6.42 Å². The second kappa shape index (κ2) is 6.49. The molecule has 92 valence electrons. The Labute approximate surface area is 96.4 Å². The zero-order valence-electron chi connectivity index (χ0n) is 11.7. The van der Waals surface area contributed by atoms with E-state index in [1.807, 2.05) is 0 Å². The van der Waals surface area contributed by atoms with Gasteiger partial charge < -0.3 is 10.2 Å². The van der Waals surface area contributed by atoms with E-state index in [2.05, 4.69) is 58.9 Å². The Kier molecular flexibility index (Phi) is 6.46. The molecule has 2 nitrogen and oxygen atoms in total. The van der Waals surface area contributed by atoms with Gasteiger partial charge in [-0.05, 0) is 38.4 Å². The van der Waals surface area contributed by atoms with Gasteiger partial charge in [-0.3, -0.25) is 0 Å². The third-order valence-corrected chi connectivity index (χ3v) is 2.65. The summed E-state index contributed by atoms with van der Waals surface area (Å²) in [5.41, 5.74) is 0.437. The van der Waals surface area contributed by atoms with Crippen molar-refractivity contribution in [3.63, 3.8) is 0 Å². The molecule has 0 aliphatic rings. The van der Waals surface area contributed by atoms with Crippen LogP contribution in [-0.2, 0) is 0 Å². The van der Waals surface area contributed by atoms with Crippen LogP contribution in [0.1, 0.15) is 41.0 Å². The highest BCUT2D eigenvalue weighted by Gasteiger charge is 2.15. The molecule has 0 heterocycles. The summed E-state index contributed by atoms with van der Waals surface area (Å²) in [7, 11) is 4.28. The lowest BCUT2D eigenvalue weighted by Gasteiger charge is -2.27. The zero-order valence-corrected chi connectivity index (χ0v) is 11.7. The molecule has 0 amide bonds. The van der Waals surface area contributed by atoms with Crippen molar-refractivity contribution in [2.75, 3.05) is 27.2 Å². The highest BCUT2D eigenvalue weighted by atomic mass is 15.1. The van der Waals surface area contributed by atoms with Crippen LogP contribution in [-0.4, -0.2) is 38.1 Å². The van der Waals surface area contributed by atoms with Crippen LogP contribution in [0.2, 0.25) is 0 Å². The lowest BCUT2D eigenvalue weighted by molar-refractivity contribution is 0.273. The first-order chi connectivity index (χ1) is 6.72. The number of hydrogen-bond donors (Lipinski definition) is 1. The maximum absolute atomic E-state index is 3.67. The molecule has 0 aromatic heterocycles. The molecule has 1 N–H and O–H groups in total. The average Bonchev–Trinajstić information content (AvgIpc) is 1.99. The SMILES string of the molecule is CC(C)C(CN(C)C)NCCC(C)(C)C. The van der Waals surface area contributed by atoms with E-state index in [1.54, 1.807) is 0 Å². The normalized spacial score (nSPS) is 15.0. The lowest BCUT2D eigenvalue weighted by Crippen LogP contribution is -2.43. The molecule has 0 radical (unpaired) electrons. The third kappa shape index (κ3) is 8.88. The van der Waals surface area contributed by atoms with Crippen LogP contribution in [0, 0.1) is 11.3 Å². The van der Waals surface area contributed by atoms with E-state index >= 15 is 0 Å². The minimum Gasteiger partial charge on any atom is -0.312 e. The van der Waals surface area contributed by atoms with E-state index in [0.717, 1.165) is 13.1 Å². The molecule has 0 aliphatic heterocycles. The Hall–Kier alpha value is -0.0800. The van der Waals surface area contributed by atoms with Crippen molar-refractivity contribution in [3.8, 4) is 0 Å². The Morgan fingerprint density at radius 3 is 2.00 bits per heavy atom. The van der Waals surface area contributed by atoms with E-state index in [4.69, 9.17) is 0 Å². The molecule has 1 atom stereocenters. The fourth-order valence-corrected chi connectivity index (χ4v) is 1.54. The van der Waals surface area contributed by atoms with Crippen LogP contribution in [0.15, 0.2) is 0 Å². The predicted octanol–water partition coefficient (Wildman–Crippen LogP) is 2.60. The molecule has 0 aromatic carbocycles. The van der Waals surface area contributed by atoms with Crippen molar-refractivity contribution in [2.45, 2.75) is 47.1 Å². The fourth-order valence-electron chi connectivity index (χ4n) is 1.54. The lowest BCUT2D eigenvalue weighted by atomic mass is 9.92. The highest BCUT2D eigenvalue weighted by molar-refractivity contribution is 4.74. The first kappa shape index (κ1) is 14.9. The number of nitrogens with one attached hydrogen (secondary N) is 1. The van der Waals surface area contributed by atoms with Gasteiger partial charge in [0.1, 0.15) is 0 Å². The summed E-state index contributed by atoms with van der Waals surface area (Å²) in [6, 6.07) is 0.613. The van der Waals surface area contributed by atoms with Crippen LogP contribution in [0.5, 0.6) is 0 Å². The summed E-state index contributed by atoms with van der Waals surface area (Å²) in [5.74, 6) is 0.701. The third-order valence-electron chi connectivity index (χ3n) is 2.65. The molecule has 0 saturated carbocycles. The standard InChI is InChI=1S/C13H30N2/c1-11(2)12(10-15(6)7)14-9-8-13(3,4)5/h11-12,14H,8-10H2,1-7H3. The van der Waals surface area contributed by atoms with Crippen molar-refractivity contribution in [2.24, 2.45) is 11.3 Å². The van der Waals surface area contributed by atoms with Gasteiger partial charge in [0.2, 0.25) is 0 Å². The molecule has 0 aromatic rings. The van der Waals surface area contributed by atoms with Crippen LogP contribution >= 0.6 is 0 Å². The Balaban J connectivity index is 3.87. The fraction of sp³-hybridized carbons (Fsp3) is 1.00. The van der Waals surface area contributed by atoms with Crippen molar-refractivity contribution >= 4 is 0 Å². The molecular formula is C13H30N2. The van der Waals surface area contributed by atoms with Gasteiger partial charge >= 0.3 is 0 Å². The van der Waals surface area contributed by atoms with E-state index < -0.39 is 0 Å². The molecular weight excluding hydrogens is 184 g/mol. The molecule has 15 heavy (non-hydrogen) atoms. The number of likely N-dealkylation sites (N-methyl/N-ethyl adjacent to an activating group) is 1. The van der Waals surface area contributed by atoms with E-state index in [0.29, 0.717) is 17.4 Å². The van der Waals surface area contributed by atoms with Crippen molar-refractivity contribution < 1.29 is 0 Å². The predicted molar refractivity (Wildman–Crippen MR) is 69.3 cm³/mol. The van der Waals surface area contributed by atoms with Crippen molar-refractivity contribution in [3.05, 3.63) is 0 Å². The van der Waals surface area contributed by atoms with Crippen LogP contribution < -0.4 is 5.32 Å². The summed E-state index contributed by atoms with van der Waals surface area (Å²) < 4.78 is 0. The minimum atomic E-state index is 0.437. The minimum absolute atomic E-state index is 0.437. The molecule has 0 spiro atoms. The Morgan fingerprint density at radius 2 is 1.67 bits per heavy atom. The van der Waals surface area contributed by atoms with Crippen molar-refractivity contribution in [1.82, 2.24) is 10.2 Å². The molecule has 2 heteroatoms. The maximum atomic E-state index is 3.67. The van der Waals surface area contributed by atoms with Gasteiger partial charge in [0.25, 0.3) is 0 Å². The summed E-state index contributed by atoms with van der Waals surface area (Å²) in [6.45, 7) is 13.7. The second-order valence-electron chi connectivity index (χ2n) is 6.38. The van der Waals surface area contributed by atoms with Crippen LogP contribution in [0.25, 0.3) is 0 Å². The topological polar surface area (TPSA) is 15.3 Å². The maximum Gasteiger partial charge on any atom is 0.0217 e. The quantitative estimate of drug-likeness (QED) is 0.731. The van der Waals surface area contributed by atoms with Gasteiger partial charge in [0.15, 0.2) is 0 Å². The Morgan fingerprint density at radius 1 is 1.13 bits per heavy atom. The van der Waals surface area contributed by atoms with Crippen molar-refractivity contribution in [1.29, 1.82) is 0 Å². The van der Waals surface area contributed by atoms with Gasteiger partial charge in [0.05, 0.1) is 0 Å². The summed E-state index contributed by atoms with van der Waals surface area (Å²) in [5, 5.41) is 3.67. The first-order valence-corrected chi connectivity index (χ1v) is 6.10. The molecule has 0 bridgehead atoms. The largest absolute Gasteiger partial charge is 0.312 e. The van der Waals surface area contributed by atoms with Gasteiger partial charge in [-0.2, -0.15) is 0 Å². The van der Waals surface area contributed by atoms with Gasteiger partial charge in [-0.1, -0.05) is 34.6 Å². The highest BCUT2D eigenvalue weighted by Crippen LogP contribution is 2.17. The molecule has 0 rings (SSSR count). The second-order valence-corrected chi connectivity index (χ2v) is 6.38. The molecule has 1 unspecified atom stereocenters. The molecule has 0 saturated heterocycles. The summed E-state index contributed by atoms with van der Waals surface area (Å²) in [4.78, 5) is 2.26. The number of nitrogens with zero attached hydrogens (tertiary/aromatic N) is 1. The van der Waals surface area contributed by atoms with E-state index in [9.17, 15) is 0 Å². The van der Waals surface area contributed by atoms with Crippen LogP contribution in [0.3, 0.4) is 0 Å². The number of rotatable bonds is 6.